The summed E-state index contributed by atoms with van der Waals surface area (Å²) in [5.74, 6) is 0.432. The standard InChI is InChI=1S/C20H24FN3O2S/c21-20(14-23-17-12-16(17)18-22-8-11-27-18)6-9-24(10-7-20)19(25)26-13-15-4-2-1-3-5-15/h1-5,8,11,16-17,23H,6-7,9-10,12-14H2/t16-,17-/m1/s1. The van der Waals surface area contributed by atoms with Crippen molar-refractivity contribution in [2.75, 3.05) is 19.6 Å². The van der Waals surface area contributed by atoms with E-state index >= 15 is 4.39 Å². The van der Waals surface area contributed by atoms with E-state index in [0.717, 1.165) is 17.0 Å². The zero-order valence-electron chi connectivity index (χ0n) is 15.1. The molecule has 27 heavy (non-hydrogen) atoms. The van der Waals surface area contributed by atoms with Gasteiger partial charge in [0.2, 0.25) is 0 Å². The summed E-state index contributed by atoms with van der Waals surface area (Å²) in [6.45, 7) is 1.38. The lowest BCUT2D eigenvalue weighted by Crippen LogP contribution is -2.49. The highest BCUT2D eigenvalue weighted by Crippen LogP contribution is 2.42. The highest BCUT2D eigenvalue weighted by molar-refractivity contribution is 7.09. The Morgan fingerprint density at radius 3 is 2.81 bits per heavy atom. The molecule has 5 nitrogen and oxygen atoms in total. The summed E-state index contributed by atoms with van der Waals surface area (Å²) >= 11 is 1.66. The number of carbonyl (C=O) groups is 1. The second-order valence-corrected chi connectivity index (χ2v) is 8.30. The van der Waals surface area contributed by atoms with Crippen molar-refractivity contribution >= 4 is 17.4 Å². The maximum atomic E-state index is 15.1. The van der Waals surface area contributed by atoms with E-state index in [9.17, 15) is 4.79 Å². The van der Waals surface area contributed by atoms with Crippen molar-refractivity contribution in [2.45, 2.75) is 43.5 Å². The van der Waals surface area contributed by atoms with Gasteiger partial charge in [0.05, 0.1) is 5.01 Å². The van der Waals surface area contributed by atoms with Gasteiger partial charge in [-0.1, -0.05) is 30.3 Å². The Hall–Kier alpha value is -1.99. The predicted molar refractivity (Wildman–Crippen MR) is 103 cm³/mol. The number of halogens is 1. The van der Waals surface area contributed by atoms with Crippen molar-refractivity contribution in [3.63, 3.8) is 0 Å². The summed E-state index contributed by atoms with van der Waals surface area (Å²) in [6.07, 6.45) is 3.17. The zero-order valence-corrected chi connectivity index (χ0v) is 16.0. The Bertz CT molecular complexity index is 748. The molecular weight excluding hydrogens is 365 g/mol. The van der Waals surface area contributed by atoms with Crippen molar-refractivity contribution < 1.29 is 13.9 Å². The third kappa shape index (κ3) is 4.65. The largest absolute Gasteiger partial charge is 0.445 e. The molecule has 0 spiro atoms. The average molecular weight is 389 g/mol. The van der Waals surface area contributed by atoms with Crippen molar-refractivity contribution in [1.82, 2.24) is 15.2 Å². The number of alkyl halides is 1. The monoisotopic (exact) mass is 389 g/mol. The molecule has 1 aliphatic heterocycles. The van der Waals surface area contributed by atoms with Crippen LogP contribution in [0.2, 0.25) is 0 Å². The fourth-order valence-electron chi connectivity index (χ4n) is 3.50. The number of amides is 1. The molecule has 2 aromatic rings. The van der Waals surface area contributed by atoms with E-state index in [1.165, 1.54) is 0 Å². The Labute approximate surface area is 162 Å². The Morgan fingerprint density at radius 1 is 1.33 bits per heavy atom. The topological polar surface area (TPSA) is 54.5 Å². The van der Waals surface area contributed by atoms with Gasteiger partial charge in [0, 0.05) is 56.0 Å². The van der Waals surface area contributed by atoms with Gasteiger partial charge in [-0.15, -0.1) is 11.3 Å². The van der Waals surface area contributed by atoms with E-state index < -0.39 is 5.67 Å². The molecule has 144 valence electrons. The zero-order chi connectivity index (χ0) is 18.7. The number of ether oxygens (including phenoxy) is 1. The summed E-state index contributed by atoms with van der Waals surface area (Å²) in [4.78, 5) is 18.1. The fraction of sp³-hybridized carbons (Fsp3) is 0.500. The van der Waals surface area contributed by atoms with Crippen LogP contribution in [0.4, 0.5) is 9.18 Å². The smallest absolute Gasteiger partial charge is 0.410 e. The molecule has 1 amide bonds. The van der Waals surface area contributed by atoms with Crippen LogP contribution in [-0.2, 0) is 11.3 Å². The van der Waals surface area contributed by atoms with Crippen LogP contribution in [0.1, 0.15) is 35.8 Å². The molecule has 1 aromatic heterocycles. The molecule has 1 aromatic carbocycles. The molecule has 0 radical (unpaired) electrons. The number of hydrogen-bond donors (Lipinski definition) is 1. The van der Waals surface area contributed by atoms with Crippen molar-refractivity contribution in [3.8, 4) is 0 Å². The quantitative estimate of drug-likeness (QED) is 0.818. The van der Waals surface area contributed by atoms with Gasteiger partial charge in [-0.05, 0) is 12.0 Å². The maximum absolute atomic E-state index is 15.1. The molecular formula is C20H24FN3O2S. The van der Waals surface area contributed by atoms with Gasteiger partial charge in [-0.25, -0.2) is 14.2 Å². The number of aromatic nitrogens is 1. The van der Waals surface area contributed by atoms with Crippen LogP contribution >= 0.6 is 11.3 Å². The normalized spacial score (nSPS) is 23.8. The van der Waals surface area contributed by atoms with E-state index in [-0.39, 0.29) is 12.7 Å². The Kier molecular flexibility index (Phi) is 5.41. The van der Waals surface area contributed by atoms with Crippen LogP contribution in [0.25, 0.3) is 0 Å². The summed E-state index contributed by atoms with van der Waals surface area (Å²) in [5, 5.41) is 6.47. The summed E-state index contributed by atoms with van der Waals surface area (Å²) in [7, 11) is 0. The molecule has 1 saturated carbocycles. The number of benzene rings is 1. The second-order valence-electron chi connectivity index (χ2n) is 7.38. The highest BCUT2D eigenvalue weighted by atomic mass is 32.1. The second kappa shape index (κ2) is 7.94. The van der Waals surface area contributed by atoms with E-state index in [4.69, 9.17) is 4.74 Å². The number of hydrogen-bond acceptors (Lipinski definition) is 5. The lowest BCUT2D eigenvalue weighted by Gasteiger charge is -2.36. The summed E-state index contributed by atoms with van der Waals surface area (Å²) in [6, 6.07) is 9.90. The van der Waals surface area contributed by atoms with Crippen molar-refractivity contribution in [1.29, 1.82) is 0 Å². The molecule has 2 aliphatic rings. The van der Waals surface area contributed by atoms with Gasteiger partial charge in [0.25, 0.3) is 0 Å². The summed E-state index contributed by atoms with van der Waals surface area (Å²) < 4.78 is 20.4. The number of nitrogens with zero attached hydrogens (tertiary/aromatic N) is 2. The van der Waals surface area contributed by atoms with Gasteiger partial charge in [-0.3, -0.25) is 0 Å². The lowest BCUT2D eigenvalue weighted by molar-refractivity contribution is 0.0408. The number of nitrogens with one attached hydrogen (secondary N) is 1. The fourth-order valence-corrected chi connectivity index (χ4v) is 4.32. The molecule has 2 heterocycles. The predicted octanol–water partition coefficient (Wildman–Crippen LogP) is 3.73. The first-order valence-electron chi connectivity index (χ1n) is 9.40. The summed E-state index contributed by atoms with van der Waals surface area (Å²) in [5.41, 5.74) is -0.308. The van der Waals surface area contributed by atoms with Gasteiger partial charge < -0.3 is 15.0 Å². The molecule has 1 aliphatic carbocycles. The minimum atomic E-state index is -1.26. The van der Waals surface area contributed by atoms with Gasteiger partial charge in [0.15, 0.2) is 0 Å². The lowest BCUT2D eigenvalue weighted by atomic mass is 9.93. The molecule has 2 fully saturated rings. The first-order chi connectivity index (χ1) is 13.1. The van der Waals surface area contributed by atoms with E-state index in [1.54, 1.807) is 16.2 Å². The minimum Gasteiger partial charge on any atom is -0.445 e. The van der Waals surface area contributed by atoms with Crippen LogP contribution in [-0.4, -0.2) is 47.3 Å². The number of carbonyl (C=O) groups excluding carboxylic acids is 1. The minimum absolute atomic E-state index is 0.248. The SMILES string of the molecule is O=C(OCc1ccccc1)N1CCC(F)(CN[C@@H]2C[C@H]2c2nccs2)CC1. The van der Waals surface area contributed by atoms with Gasteiger partial charge in [-0.2, -0.15) is 0 Å². The van der Waals surface area contributed by atoms with E-state index in [1.807, 2.05) is 41.9 Å². The molecule has 1 saturated heterocycles. The van der Waals surface area contributed by atoms with Crippen molar-refractivity contribution in [2.24, 2.45) is 0 Å². The average Bonchev–Trinajstić information content (AvgIpc) is 3.27. The van der Waals surface area contributed by atoms with Crippen LogP contribution < -0.4 is 5.32 Å². The number of thiazole rings is 1. The van der Waals surface area contributed by atoms with E-state index in [2.05, 4.69) is 10.3 Å². The first-order valence-corrected chi connectivity index (χ1v) is 10.3. The van der Waals surface area contributed by atoms with Crippen LogP contribution in [0, 0.1) is 0 Å². The Morgan fingerprint density at radius 2 is 2.11 bits per heavy atom. The maximum Gasteiger partial charge on any atom is 0.410 e. The highest BCUT2D eigenvalue weighted by Gasteiger charge is 2.43. The number of piperidine rings is 1. The van der Waals surface area contributed by atoms with Gasteiger partial charge >= 0.3 is 6.09 Å². The van der Waals surface area contributed by atoms with Crippen LogP contribution in [0.5, 0.6) is 0 Å². The van der Waals surface area contributed by atoms with Crippen molar-refractivity contribution in [3.05, 3.63) is 52.5 Å². The third-order valence-corrected chi connectivity index (χ3v) is 6.27. The third-order valence-electron chi connectivity index (χ3n) is 5.36. The molecule has 1 N–H and O–H groups in total. The number of rotatable bonds is 6. The van der Waals surface area contributed by atoms with Crippen LogP contribution in [0.3, 0.4) is 0 Å². The molecule has 2 atom stereocenters. The molecule has 0 unspecified atom stereocenters. The number of likely N-dealkylation sites (tertiary alicyclic amines) is 1. The van der Waals surface area contributed by atoms with E-state index in [0.29, 0.717) is 44.4 Å². The molecule has 4 rings (SSSR count). The first kappa shape index (κ1) is 18.4. The molecule has 7 heteroatoms. The van der Waals surface area contributed by atoms with Crippen LogP contribution in [0.15, 0.2) is 41.9 Å². The Balaban J connectivity index is 1.18. The van der Waals surface area contributed by atoms with Gasteiger partial charge in [0.1, 0.15) is 12.3 Å². The molecule has 0 bridgehead atoms.